The lowest BCUT2D eigenvalue weighted by molar-refractivity contribution is -0.114. The Hall–Kier alpha value is -0.730. The monoisotopic (exact) mass is 334 g/mol. The molecule has 8 heteroatoms. The van der Waals surface area contributed by atoms with E-state index in [-0.39, 0.29) is 23.1 Å². The van der Waals surface area contributed by atoms with E-state index in [0.29, 0.717) is 6.61 Å². The van der Waals surface area contributed by atoms with Crippen molar-refractivity contribution in [1.82, 2.24) is 4.72 Å². The van der Waals surface area contributed by atoms with Crippen LogP contribution in [0.5, 0.6) is 0 Å². The lowest BCUT2D eigenvalue weighted by atomic mass is 9.69. The van der Waals surface area contributed by atoms with E-state index < -0.39 is 26.8 Å². The molecule has 4 atom stereocenters. The van der Waals surface area contributed by atoms with E-state index in [1.54, 1.807) is 0 Å². The first-order valence-electron chi connectivity index (χ1n) is 6.75. The fourth-order valence-corrected chi connectivity index (χ4v) is 4.53. The van der Waals surface area contributed by atoms with Crippen molar-refractivity contribution in [1.29, 1.82) is 0 Å². The van der Waals surface area contributed by atoms with E-state index in [0.717, 1.165) is 25.0 Å². The van der Waals surface area contributed by atoms with Crippen LogP contribution in [0.1, 0.15) is 12.8 Å². The van der Waals surface area contributed by atoms with Crippen LogP contribution in [0, 0.1) is 11.7 Å². The number of nitrogens with one attached hydrogen (secondary N) is 1. The molecule has 0 radical (unpaired) electrons. The molecular formula is C13H16ClFN2O3S. The van der Waals surface area contributed by atoms with E-state index in [1.807, 2.05) is 0 Å². The molecule has 2 aliphatic rings. The van der Waals surface area contributed by atoms with Gasteiger partial charge in [-0.1, -0.05) is 11.6 Å². The van der Waals surface area contributed by atoms with Gasteiger partial charge >= 0.3 is 0 Å². The number of sulfonamides is 1. The van der Waals surface area contributed by atoms with Crippen LogP contribution < -0.4 is 10.5 Å². The van der Waals surface area contributed by atoms with Gasteiger partial charge in [0.1, 0.15) is 10.7 Å². The van der Waals surface area contributed by atoms with Gasteiger partial charge in [-0.25, -0.2) is 17.5 Å². The maximum absolute atomic E-state index is 13.8. The molecule has 3 rings (SSSR count). The van der Waals surface area contributed by atoms with Gasteiger partial charge in [0.05, 0.1) is 12.1 Å². The van der Waals surface area contributed by atoms with E-state index >= 15 is 0 Å². The molecular weight excluding hydrogens is 319 g/mol. The van der Waals surface area contributed by atoms with Crippen LogP contribution >= 0.6 is 11.6 Å². The van der Waals surface area contributed by atoms with Crippen LogP contribution in [0.25, 0.3) is 0 Å². The Bertz CT molecular complexity index is 655. The van der Waals surface area contributed by atoms with Gasteiger partial charge in [0.2, 0.25) is 10.0 Å². The van der Waals surface area contributed by atoms with E-state index in [4.69, 9.17) is 22.1 Å². The number of rotatable bonds is 3. The summed E-state index contributed by atoms with van der Waals surface area (Å²) in [6.45, 7) is 0.599. The van der Waals surface area contributed by atoms with Crippen molar-refractivity contribution < 1.29 is 17.5 Å². The zero-order valence-corrected chi connectivity index (χ0v) is 12.7. The molecule has 0 bridgehead atoms. The quantitative estimate of drug-likeness (QED) is 0.872. The van der Waals surface area contributed by atoms with Crippen molar-refractivity contribution in [2.75, 3.05) is 6.61 Å². The van der Waals surface area contributed by atoms with Crippen molar-refractivity contribution in [3.63, 3.8) is 0 Å². The summed E-state index contributed by atoms with van der Waals surface area (Å²) in [5.74, 6) is -0.717. The lowest BCUT2D eigenvalue weighted by Crippen LogP contribution is -2.71. The van der Waals surface area contributed by atoms with Gasteiger partial charge in [-0.2, -0.15) is 0 Å². The molecule has 0 amide bonds. The normalized spacial score (nSPS) is 32.3. The van der Waals surface area contributed by atoms with E-state index in [2.05, 4.69) is 4.72 Å². The molecule has 21 heavy (non-hydrogen) atoms. The third kappa shape index (κ3) is 2.68. The summed E-state index contributed by atoms with van der Waals surface area (Å²) >= 11 is 5.63. The summed E-state index contributed by atoms with van der Waals surface area (Å²) in [7, 11) is -3.99. The van der Waals surface area contributed by atoms with Gasteiger partial charge in [-0.15, -0.1) is 0 Å². The number of nitrogens with two attached hydrogens (primary N) is 1. The molecule has 1 saturated carbocycles. The average Bonchev–Trinajstić information content (AvgIpc) is 2.44. The minimum Gasteiger partial charge on any atom is -0.376 e. The summed E-state index contributed by atoms with van der Waals surface area (Å²) < 4.78 is 46.4. The zero-order chi connectivity index (χ0) is 15.2. The molecule has 5 nitrogen and oxygen atoms in total. The number of ether oxygens (including phenoxy) is 1. The molecule has 1 aromatic carbocycles. The van der Waals surface area contributed by atoms with Gasteiger partial charge in [-0.3, -0.25) is 0 Å². The molecule has 116 valence electrons. The zero-order valence-electron chi connectivity index (χ0n) is 11.1. The average molecular weight is 335 g/mol. The van der Waals surface area contributed by atoms with Crippen molar-refractivity contribution in [3.05, 3.63) is 29.0 Å². The number of benzene rings is 1. The third-order valence-corrected chi connectivity index (χ3v) is 5.88. The van der Waals surface area contributed by atoms with Gasteiger partial charge in [0, 0.05) is 23.6 Å². The number of fused-ring (bicyclic) bond motifs is 1. The Morgan fingerprint density at radius 2 is 2.19 bits per heavy atom. The second kappa shape index (κ2) is 5.48. The molecule has 1 heterocycles. The molecule has 2 fully saturated rings. The second-order valence-electron chi connectivity index (χ2n) is 5.44. The Balaban J connectivity index is 1.80. The van der Waals surface area contributed by atoms with Crippen molar-refractivity contribution >= 4 is 21.6 Å². The summed E-state index contributed by atoms with van der Waals surface area (Å²) in [6.07, 6.45) is 1.64. The van der Waals surface area contributed by atoms with Crippen LogP contribution in [-0.2, 0) is 14.8 Å². The maximum Gasteiger partial charge on any atom is 0.243 e. The van der Waals surface area contributed by atoms with Crippen LogP contribution in [0.3, 0.4) is 0 Å². The second-order valence-corrected chi connectivity index (χ2v) is 7.56. The minimum absolute atomic E-state index is 0.141. The topological polar surface area (TPSA) is 81.4 Å². The largest absolute Gasteiger partial charge is 0.376 e. The Morgan fingerprint density at radius 3 is 2.90 bits per heavy atom. The molecule has 1 aliphatic carbocycles. The van der Waals surface area contributed by atoms with Crippen LogP contribution in [0.15, 0.2) is 23.1 Å². The summed E-state index contributed by atoms with van der Waals surface area (Å²) in [5.41, 5.74) is 6.00. The first-order valence-corrected chi connectivity index (χ1v) is 8.61. The van der Waals surface area contributed by atoms with Gasteiger partial charge in [0.25, 0.3) is 0 Å². The highest BCUT2D eigenvalue weighted by atomic mass is 35.5. The molecule has 0 spiro atoms. The molecule has 3 N–H and O–H groups in total. The summed E-state index contributed by atoms with van der Waals surface area (Å²) in [6, 6.07) is 2.62. The fraction of sp³-hybridized carbons (Fsp3) is 0.538. The van der Waals surface area contributed by atoms with Crippen LogP contribution in [-0.4, -0.2) is 33.2 Å². The van der Waals surface area contributed by atoms with Crippen molar-refractivity contribution in [2.45, 2.75) is 35.9 Å². The van der Waals surface area contributed by atoms with Gasteiger partial charge in [0.15, 0.2) is 0 Å². The highest BCUT2D eigenvalue weighted by Crippen LogP contribution is 2.37. The molecule has 1 aromatic rings. The van der Waals surface area contributed by atoms with Crippen LogP contribution in [0.2, 0.25) is 5.02 Å². The number of halogens is 2. The lowest BCUT2D eigenvalue weighted by Gasteiger charge is -2.52. The minimum atomic E-state index is -3.99. The standard InChI is InChI=1S/C13H16ClFN2O3S/c14-7-3-4-10(9(15)6-7)21(18,19)17-12-11(16)8-2-1-5-20-13(8)12/h3-4,6,8,11-13,17H,1-2,5,16H2. The third-order valence-electron chi connectivity index (χ3n) is 4.15. The van der Waals surface area contributed by atoms with Crippen molar-refractivity contribution in [2.24, 2.45) is 11.7 Å². The molecule has 1 aliphatic heterocycles. The maximum atomic E-state index is 13.8. The summed E-state index contributed by atoms with van der Waals surface area (Å²) in [4.78, 5) is -0.432. The van der Waals surface area contributed by atoms with E-state index in [9.17, 15) is 12.8 Å². The smallest absolute Gasteiger partial charge is 0.243 e. The number of hydrogen-bond donors (Lipinski definition) is 2. The van der Waals surface area contributed by atoms with Crippen molar-refractivity contribution in [3.8, 4) is 0 Å². The van der Waals surface area contributed by atoms with E-state index in [1.165, 1.54) is 6.07 Å². The Morgan fingerprint density at radius 1 is 1.43 bits per heavy atom. The van der Waals surface area contributed by atoms with Gasteiger partial charge in [-0.05, 0) is 31.0 Å². The fourth-order valence-electron chi connectivity index (χ4n) is 3.03. The Labute approximate surface area is 127 Å². The number of hydrogen-bond acceptors (Lipinski definition) is 4. The first kappa shape index (κ1) is 15.2. The molecule has 1 saturated heterocycles. The van der Waals surface area contributed by atoms with Crippen LogP contribution in [0.4, 0.5) is 4.39 Å². The highest BCUT2D eigenvalue weighted by molar-refractivity contribution is 7.89. The summed E-state index contributed by atoms with van der Waals surface area (Å²) in [5, 5.41) is 0.141. The SMILES string of the molecule is NC1C2CCCOC2C1NS(=O)(=O)c1ccc(Cl)cc1F. The van der Waals surface area contributed by atoms with Gasteiger partial charge < -0.3 is 10.5 Å². The predicted octanol–water partition coefficient (Wildman–Crippen LogP) is 1.26. The highest BCUT2D eigenvalue weighted by Gasteiger charge is 2.52. The predicted molar refractivity (Wildman–Crippen MR) is 76.0 cm³/mol. The molecule has 0 aromatic heterocycles. The molecule has 4 unspecified atom stereocenters. The first-order chi connectivity index (χ1) is 9.90. The Kier molecular flexibility index (Phi) is 3.96.